The number of terminal acetylenes is 1. The number of nitrogens with one attached hydrogen (secondary N) is 1. The number of nitrogens with two attached hydrogens (primary N) is 1. The van der Waals surface area contributed by atoms with E-state index in [1.54, 1.807) is 0 Å². The summed E-state index contributed by atoms with van der Waals surface area (Å²) in [6, 6.07) is 0. The molecular formula is C7H7BrN4O. The Kier molecular flexibility index (Phi) is 3.49. The van der Waals surface area contributed by atoms with E-state index in [9.17, 15) is 0 Å². The minimum absolute atomic E-state index is 0.152. The second kappa shape index (κ2) is 4.64. The van der Waals surface area contributed by atoms with Gasteiger partial charge in [0.15, 0.2) is 6.61 Å². The van der Waals surface area contributed by atoms with Crippen molar-refractivity contribution in [3.63, 3.8) is 0 Å². The molecule has 1 aromatic rings. The van der Waals surface area contributed by atoms with Gasteiger partial charge < -0.3 is 4.74 Å². The topological polar surface area (TPSA) is 73.1 Å². The molecule has 0 spiro atoms. The van der Waals surface area contributed by atoms with Crippen LogP contribution in [0.15, 0.2) is 10.7 Å². The molecule has 68 valence electrons. The lowest BCUT2D eigenvalue weighted by atomic mass is 10.6. The van der Waals surface area contributed by atoms with Crippen molar-refractivity contribution in [3.8, 4) is 18.2 Å². The molecule has 0 unspecified atom stereocenters. The normalized spacial score (nSPS) is 9.00. The largest absolute Gasteiger partial charge is 0.464 e. The highest BCUT2D eigenvalue weighted by atomic mass is 79.9. The number of rotatable bonds is 3. The zero-order valence-corrected chi connectivity index (χ0v) is 8.21. The van der Waals surface area contributed by atoms with E-state index in [1.165, 1.54) is 6.20 Å². The van der Waals surface area contributed by atoms with E-state index in [1.807, 2.05) is 0 Å². The number of nitrogens with zero attached hydrogens (tertiary/aromatic N) is 2. The van der Waals surface area contributed by atoms with Crippen LogP contribution in [0, 0.1) is 12.3 Å². The number of hydrazine groups is 1. The third-order valence-corrected chi connectivity index (χ3v) is 1.68. The van der Waals surface area contributed by atoms with Crippen LogP contribution >= 0.6 is 15.9 Å². The number of anilines is 1. The fourth-order valence-corrected chi connectivity index (χ4v) is 0.938. The summed E-state index contributed by atoms with van der Waals surface area (Å²) in [6.45, 7) is 0.152. The van der Waals surface area contributed by atoms with Crippen LogP contribution in [0.5, 0.6) is 5.88 Å². The Morgan fingerprint density at radius 1 is 1.77 bits per heavy atom. The Morgan fingerprint density at radius 3 is 3.15 bits per heavy atom. The molecule has 13 heavy (non-hydrogen) atoms. The lowest BCUT2D eigenvalue weighted by Crippen LogP contribution is -2.11. The van der Waals surface area contributed by atoms with Crippen molar-refractivity contribution < 1.29 is 4.74 Å². The van der Waals surface area contributed by atoms with Crippen molar-refractivity contribution >= 4 is 21.9 Å². The van der Waals surface area contributed by atoms with Gasteiger partial charge >= 0.3 is 0 Å². The van der Waals surface area contributed by atoms with Gasteiger partial charge in [0.25, 0.3) is 0 Å². The van der Waals surface area contributed by atoms with Gasteiger partial charge in [-0.25, -0.2) is 10.8 Å². The molecular weight excluding hydrogens is 236 g/mol. The van der Waals surface area contributed by atoms with Gasteiger partial charge in [-0.1, -0.05) is 5.92 Å². The van der Waals surface area contributed by atoms with Crippen molar-refractivity contribution in [3.05, 3.63) is 10.7 Å². The van der Waals surface area contributed by atoms with Gasteiger partial charge in [-0.2, -0.15) is 4.98 Å². The molecule has 1 rings (SSSR count). The molecule has 6 heteroatoms. The van der Waals surface area contributed by atoms with Crippen molar-refractivity contribution in [2.24, 2.45) is 5.84 Å². The number of ether oxygens (including phenoxy) is 1. The van der Waals surface area contributed by atoms with Gasteiger partial charge in [0.1, 0.15) is 0 Å². The summed E-state index contributed by atoms with van der Waals surface area (Å²) in [5.41, 5.74) is 2.30. The highest BCUT2D eigenvalue weighted by molar-refractivity contribution is 9.10. The van der Waals surface area contributed by atoms with E-state index in [0.29, 0.717) is 10.4 Å². The molecule has 0 atom stereocenters. The molecule has 0 aromatic carbocycles. The summed E-state index contributed by atoms with van der Waals surface area (Å²) >= 11 is 3.20. The van der Waals surface area contributed by atoms with E-state index in [0.717, 1.165) is 0 Å². The molecule has 3 N–H and O–H groups in total. The summed E-state index contributed by atoms with van der Waals surface area (Å²) in [5.74, 6) is 8.07. The second-order valence-corrected chi connectivity index (χ2v) is 2.84. The van der Waals surface area contributed by atoms with Crippen molar-refractivity contribution in [2.45, 2.75) is 0 Å². The number of hydrogen-bond acceptors (Lipinski definition) is 5. The predicted molar refractivity (Wildman–Crippen MR) is 51.9 cm³/mol. The standard InChI is InChI=1S/C7H7BrN4O/c1-2-3-13-6-5(8)4-10-7(11-6)12-9/h1,4H,3,9H2,(H,10,11,12). The monoisotopic (exact) mass is 242 g/mol. The zero-order chi connectivity index (χ0) is 9.68. The zero-order valence-electron chi connectivity index (χ0n) is 6.62. The van der Waals surface area contributed by atoms with Gasteiger partial charge in [0, 0.05) is 0 Å². The highest BCUT2D eigenvalue weighted by Crippen LogP contribution is 2.21. The number of hydrogen-bond donors (Lipinski definition) is 2. The predicted octanol–water partition coefficient (Wildman–Crippen LogP) is 0.537. The lowest BCUT2D eigenvalue weighted by molar-refractivity contribution is 0.352. The van der Waals surface area contributed by atoms with Crippen LogP contribution in [0.2, 0.25) is 0 Å². The van der Waals surface area contributed by atoms with E-state index in [-0.39, 0.29) is 12.6 Å². The van der Waals surface area contributed by atoms with Crippen LogP contribution in [0.4, 0.5) is 5.95 Å². The van der Waals surface area contributed by atoms with Crippen LogP contribution in [-0.2, 0) is 0 Å². The van der Waals surface area contributed by atoms with Gasteiger partial charge in [0.05, 0.1) is 10.7 Å². The number of nitrogen functional groups attached to an aromatic ring is 1. The average molecular weight is 243 g/mol. The van der Waals surface area contributed by atoms with Gasteiger partial charge in [-0.15, -0.1) is 6.42 Å². The summed E-state index contributed by atoms with van der Waals surface area (Å²) in [6.07, 6.45) is 6.54. The molecule has 0 amide bonds. The average Bonchev–Trinajstić information content (AvgIpc) is 2.17. The Balaban J connectivity index is 2.85. The van der Waals surface area contributed by atoms with E-state index in [4.69, 9.17) is 17.0 Å². The Bertz CT molecular complexity index is 336. The second-order valence-electron chi connectivity index (χ2n) is 1.98. The Hall–Kier alpha value is -1.32. The maximum atomic E-state index is 5.11. The minimum atomic E-state index is 0.152. The third-order valence-electron chi connectivity index (χ3n) is 1.13. The first-order valence-corrected chi connectivity index (χ1v) is 4.12. The van der Waals surface area contributed by atoms with Gasteiger partial charge in [0.2, 0.25) is 11.8 Å². The quantitative estimate of drug-likeness (QED) is 0.460. The summed E-state index contributed by atoms with van der Waals surface area (Å²) in [4.78, 5) is 7.76. The van der Waals surface area contributed by atoms with Gasteiger partial charge in [-0.05, 0) is 15.9 Å². The van der Waals surface area contributed by atoms with Crippen molar-refractivity contribution in [1.82, 2.24) is 9.97 Å². The maximum Gasteiger partial charge on any atom is 0.240 e. The lowest BCUT2D eigenvalue weighted by Gasteiger charge is -2.04. The molecule has 0 saturated carbocycles. The molecule has 1 aromatic heterocycles. The fourth-order valence-electron chi connectivity index (χ4n) is 0.632. The van der Waals surface area contributed by atoms with Crippen LogP contribution in [0.1, 0.15) is 0 Å². The Morgan fingerprint density at radius 2 is 2.54 bits per heavy atom. The third kappa shape index (κ3) is 2.57. The molecule has 0 bridgehead atoms. The maximum absolute atomic E-state index is 5.11. The Labute approximate surface area is 83.8 Å². The van der Waals surface area contributed by atoms with Gasteiger partial charge in [-0.3, -0.25) is 5.43 Å². The first-order chi connectivity index (χ1) is 6.27. The molecule has 0 aliphatic carbocycles. The van der Waals surface area contributed by atoms with Crippen molar-refractivity contribution in [2.75, 3.05) is 12.0 Å². The molecule has 0 fully saturated rings. The SMILES string of the molecule is C#CCOc1nc(NN)ncc1Br. The van der Waals surface area contributed by atoms with E-state index in [2.05, 4.69) is 37.2 Å². The first kappa shape index (κ1) is 9.77. The molecule has 0 aliphatic rings. The minimum Gasteiger partial charge on any atom is -0.464 e. The highest BCUT2D eigenvalue weighted by Gasteiger charge is 2.04. The number of halogens is 1. The fraction of sp³-hybridized carbons (Fsp3) is 0.143. The summed E-state index contributed by atoms with van der Waals surface area (Å²) in [5, 5.41) is 0. The molecule has 1 heterocycles. The molecule has 0 saturated heterocycles. The van der Waals surface area contributed by atoms with Crippen LogP contribution in [-0.4, -0.2) is 16.6 Å². The van der Waals surface area contributed by atoms with E-state index >= 15 is 0 Å². The summed E-state index contributed by atoms with van der Waals surface area (Å²) < 4.78 is 5.73. The molecule has 0 aliphatic heterocycles. The molecule has 5 nitrogen and oxygen atoms in total. The van der Waals surface area contributed by atoms with E-state index < -0.39 is 0 Å². The summed E-state index contributed by atoms with van der Waals surface area (Å²) in [7, 11) is 0. The molecule has 0 radical (unpaired) electrons. The van der Waals surface area contributed by atoms with Crippen molar-refractivity contribution in [1.29, 1.82) is 0 Å². The van der Waals surface area contributed by atoms with Crippen LogP contribution in [0.25, 0.3) is 0 Å². The number of aromatic nitrogens is 2. The smallest absolute Gasteiger partial charge is 0.240 e. The first-order valence-electron chi connectivity index (χ1n) is 3.33. The van der Waals surface area contributed by atoms with Crippen LogP contribution < -0.4 is 16.0 Å². The van der Waals surface area contributed by atoms with Crippen LogP contribution in [0.3, 0.4) is 0 Å².